The molecule has 0 spiro atoms. The quantitative estimate of drug-likeness (QED) is 0.170. The molecule has 23 unspecified atom stereocenters. The summed E-state index contributed by atoms with van der Waals surface area (Å²) < 4.78 is 0. The normalized spacial score (nSPS) is 48.2. The summed E-state index contributed by atoms with van der Waals surface area (Å²) in [4.78, 5) is 12.0. The van der Waals surface area contributed by atoms with Gasteiger partial charge in [0.2, 0.25) is 0 Å². The maximum atomic E-state index is 4.13. The minimum atomic E-state index is 0.389. The molecule has 116 heavy (non-hydrogen) atoms. The van der Waals surface area contributed by atoms with Crippen molar-refractivity contribution in [2.24, 2.45) is 165 Å². The molecule has 2 saturated heterocycles. The van der Waals surface area contributed by atoms with E-state index in [2.05, 4.69) is 56.2 Å². The van der Waals surface area contributed by atoms with Crippen LogP contribution in [-0.2, 0) is 0 Å². The number of rotatable bonds is 13. The molecular formula is C112H188BN3. The largest absolute Gasteiger partial charge is 0.295 e. The van der Waals surface area contributed by atoms with Crippen molar-refractivity contribution in [2.75, 3.05) is 0 Å². The highest BCUT2D eigenvalue weighted by Crippen LogP contribution is 2.72. The maximum absolute atomic E-state index is 4.13. The standard InChI is InChI=1S/C112H188BN3/c1-111(2,3)87-67-95(78-37-20-10-21-38-78)109(96(68-87)79-39-22-11-23-40-79)115-102-62-56-83(75-35-18-9-19-36-75)65-101(102)113-100-61-55-84(86-63-85-47-30-49-93-92-48-28-45-82-46-29-50-94(106(82)92)99(64-86)107(85)93)66-103(100)116(110-97(80-41-24-12-25-42-80)69-88(112(4,5)6)70-98(110)81-43-26-13-27-44-81)105-72-91(71-104(115)108(105)113)114(89-57-51-76(52-58-89)73-31-14-7-15-32-73)90-59-53-77(54-60-90)74-33-16-8-17-34-74/h73-110H,7-72H2,1-6H3. The Balaban J connectivity index is 0.755. The lowest BCUT2D eigenvalue weighted by Crippen LogP contribution is -2.78. The molecule has 4 heteroatoms. The van der Waals surface area contributed by atoms with E-state index in [-0.39, 0.29) is 0 Å². The fourth-order valence-electron chi connectivity index (χ4n) is 41.1. The lowest BCUT2D eigenvalue weighted by molar-refractivity contribution is -0.158. The molecular weight excluding hydrogens is 1400 g/mol. The Morgan fingerprint density at radius 3 is 0.966 bits per heavy atom. The Morgan fingerprint density at radius 2 is 0.543 bits per heavy atom. The molecule has 2 aliphatic heterocycles. The lowest BCUT2D eigenvalue weighted by atomic mass is 9.18. The van der Waals surface area contributed by atoms with Gasteiger partial charge in [-0.05, 0) is 323 Å². The van der Waals surface area contributed by atoms with Crippen LogP contribution < -0.4 is 0 Å². The molecule has 0 aromatic carbocycles. The van der Waals surface area contributed by atoms with Crippen LogP contribution in [0.15, 0.2) is 0 Å². The molecule has 0 aromatic rings. The molecule has 0 amide bonds. The van der Waals surface area contributed by atoms with Crippen LogP contribution in [0.4, 0.5) is 0 Å². The lowest BCUT2D eigenvalue weighted by Gasteiger charge is -2.73. The van der Waals surface area contributed by atoms with Crippen molar-refractivity contribution < 1.29 is 0 Å². The van der Waals surface area contributed by atoms with Gasteiger partial charge in [-0.3, -0.25) is 14.7 Å². The van der Waals surface area contributed by atoms with Gasteiger partial charge in [0.25, 0.3) is 0 Å². The third-order valence-corrected chi connectivity index (χ3v) is 45.9. The highest BCUT2D eigenvalue weighted by molar-refractivity contribution is 6.65. The van der Waals surface area contributed by atoms with Crippen LogP contribution in [0.1, 0.15) is 465 Å². The van der Waals surface area contributed by atoms with Crippen molar-refractivity contribution >= 4 is 6.71 Å². The second-order valence-corrected chi connectivity index (χ2v) is 52.3. The van der Waals surface area contributed by atoms with Gasteiger partial charge in [0, 0.05) is 54.4 Å². The minimum absolute atomic E-state index is 0.389. The zero-order chi connectivity index (χ0) is 77.9. The predicted molar refractivity (Wildman–Crippen MR) is 491 cm³/mol. The molecule has 0 radical (unpaired) electrons. The van der Waals surface area contributed by atoms with E-state index in [4.69, 9.17) is 0 Å². The summed E-state index contributed by atoms with van der Waals surface area (Å²) in [7, 11) is 0. The van der Waals surface area contributed by atoms with E-state index in [0.29, 0.717) is 10.8 Å². The van der Waals surface area contributed by atoms with Crippen LogP contribution in [0.25, 0.3) is 0 Å². The maximum Gasteiger partial charge on any atom is 0.156 e. The topological polar surface area (TPSA) is 9.72 Å². The SMILES string of the molecule is CC(C)(C)C1CC(C2CCCCC2)C(N2C3CCC(C4CCCCC4)CC3B3C4CCC(C5CC6CCCC7C8CCCC9CCCC(C(C5)C67)C98)CC4N(C4C(C5CCCCC5)CC(C(C)(C)C)CC4C4CCCCC4)C4CC(N(C5CCC(C6CCCCC6)CC5)C5CCC(C6CCCCC6)CC5)CC2C34)C(C2CCCCC2)C1. The van der Waals surface area contributed by atoms with Gasteiger partial charge >= 0.3 is 0 Å². The van der Waals surface area contributed by atoms with Crippen LogP contribution in [0.2, 0.25) is 17.5 Å². The number of hydrogen-bond donors (Lipinski definition) is 0. The molecule has 23 atom stereocenters. The highest BCUT2D eigenvalue weighted by Gasteiger charge is 2.70. The van der Waals surface area contributed by atoms with Crippen molar-refractivity contribution in [2.45, 2.75) is 537 Å². The van der Waals surface area contributed by atoms with Gasteiger partial charge in [-0.2, -0.15) is 0 Å². The molecule has 19 aliphatic carbocycles. The molecule has 2 heterocycles. The zero-order valence-corrected chi connectivity index (χ0v) is 77.5. The summed E-state index contributed by atoms with van der Waals surface area (Å²) in [6.45, 7) is 17.8. The Labute approximate surface area is 718 Å². The fourth-order valence-corrected chi connectivity index (χ4v) is 41.1. The third-order valence-electron chi connectivity index (χ3n) is 45.9. The molecule has 654 valence electrons. The summed E-state index contributed by atoms with van der Waals surface area (Å²) in [6, 6.07) is 7.38. The van der Waals surface area contributed by atoms with Gasteiger partial charge in [-0.15, -0.1) is 0 Å². The van der Waals surface area contributed by atoms with Crippen LogP contribution in [0.5, 0.6) is 0 Å². The van der Waals surface area contributed by atoms with E-state index in [1.54, 1.807) is 379 Å². The first-order chi connectivity index (χ1) is 56.8. The average molecular weight is 1590 g/mol. The Morgan fingerprint density at radius 1 is 0.207 bits per heavy atom. The summed E-state index contributed by atoms with van der Waals surface area (Å²) in [5, 5.41) is 0. The summed E-state index contributed by atoms with van der Waals surface area (Å²) in [5.41, 5.74) is 0.783. The van der Waals surface area contributed by atoms with Crippen molar-refractivity contribution in [3.8, 4) is 0 Å². The predicted octanol–water partition coefficient (Wildman–Crippen LogP) is 31.0. The number of hydrogen-bond acceptors (Lipinski definition) is 3. The summed E-state index contributed by atoms with van der Waals surface area (Å²) >= 11 is 0. The van der Waals surface area contributed by atoms with Gasteiger partial charge in [-0.25, -0.2) is 0 Å². The first-order valence-electron chi connectivity index (χ1n) is 56.1. The van der Waals surface area contributed by atoms with Crippen molar-refractivity contribution in [3.05, 3.63) is 0 Å². The second-order valence-electron chi connectivity index (χ2n) is 52.3. The highest BCUT2D eigenvalue weighted by atomic mass is 15.3. The van der Waals surface area contributed by atoms with Crippen molar-refractivity contribution in [3.63, 3.8) is 0 Å². The third kappa shape index (κ3) is 16.2. The molecule has 19 saturated carbocycles. The summed E-state index contributed by atoms with van der Waals surface area (Å²) in [6.07, 6.45) is 105. The van der Waals surface area contributed by atoms with Gasteiger partial charge in [-0.1, -0.05) is 324 Å². The zero-order valence-electron chi connectivity index (χ0n) is 77.5. The van der Waals surface area contributed by atoms with E-state index in [9.17, 15) is 0 Å². The van der Waals surface area contributed by atoms with Crippen LogP contribution in [0, 0.1) is 165 Å². The molecule has 21 rings (SSSR count). The van der Waals surface area contributed by atoms with E-state index in [1.807, 2.05) is 0 Å². The average Bonchev–Trinajstić information content (AvgIpc) is 0.683. The number of fused-ring (bicyclic) bond motifs is 6. The van der Waals surface area contributed by atoms with Gasteiger partial charge < -0.3 is 0 Å². The van der Waals surface area contributed by atoms with Crippen LogP contribution in [0.3, 0.4) is 0 Å². The Kier molecular flexibility index (Phi) is 25.6. The van der Waals surface area contributed by atoms with Gasteiger partial charge in [0.05, 0.1) is 0 Å². The molecule has 0 N–H and O–H groups in total. The van der Waals surface area contributed by atoms with E-state index in [1.165, 1.54) is 44.9 Å². The first-order valence-corrected chi connectivity index (χ1v) is 56.1. The minimum Gasteiger partial charge on any atom is -0.295 e. The van der Waals surface area contributed by atoms with Crippen molar-refractivity contribution in [1.82, 2.24) is 14.7 Å². The Bertz CT molecular complexity index is 2990. The number of nitrogens with zero attached hydrogens (tertiary/aromatic N) is 3. The monoisotopic (exact) mass is 1590 g/mol. The van der Waals surface area contributed by atoms with E-state index >= 15 is 0 Å². The first kappa shape index (κ1) is 82.9. The molecule has 0 bridgehead atoms. The van der Waals surface area contributed by atoms with Crippen LogP contribution in [-0.4, -0.2) is 75.8 Å². The van der Waals surface area contributed by atoms with E-state index in [0.717, 1.165) is 232 Å². The molecule has 3 nitrogen and oxygen atoms in total. The fraction of sp³-hybridized carbons (Fsp3) is 1.00. The molecule has 21 fully saturated rings. The smallest absolute Gasteiger partial charge is 0.156 e. The molecule has 0 aromatic heterocycles. The Hall–Kier alpha value is -0.0551. The van der Waals surface area contributed by atoms with Gasteiger partial charge in [0.1, 0.15) is 0 Å². The van der Waals surface area contributed by atoms with E-state index < -0.39 is 0 Å². The summed E-state index contributed by atoms with van der Waals surface area (Å²) in [5.74, 6) is 29.1. The van der Waals surface area contributed by atoms with Gasteiger partial charge in [0.15, 0.2) is 6.71 Å². The molecule has 21 aliphatic rings. The van der Waals surface area contributed by atoms with Crippen molar-refractivity contribution in [1.29, 1.82) is 0 Å². The van der Waals surface area contributed by atoms with Crippen LogP contribution >= 0.6 is 0 Å². The second kappa shape index (κ2) is 35.9.